The van der Waals surface area contributed by atoms with Gasteiger partial charge in [-0.3, -0.25) is 4.79 Å². The lowest BCUT2D eigenvalue weighted by Crippen LogP contribution is -2.06. The molecule has 6 heteroatoms. The number of fused-ring (bicyclic) bond motifs is 1. The number of carbonyl (C=O) groups excluding carboxylic acids is 1. The van der Waals surface area contributed by atoms with E-state index in [2.05, 4.69) is 23.4 Å². The average molecular weight is 346 g/mol. The highest BCUT2D eigenvalue weighted by atomic mass is 32.2. The maximum absolute atomic E-state index is 12.5. The lowest BCUT2D eigenvalue weighted by Gasteiger charge is -2.09. The summed E-state index contributed by atoms with van der Waals surface area (Å²) >= 11 is 1.50. The Balaban J connectivity index is 1.69. The van der Waals surface area contributed by atoms with Crippen molar-refractivity contribution in [1.82, 2.24) is 9.55 Å². The van der Waals surface area contributed by atoms with Gasteiger partial charge in [0, 0.05) is 17.8 Å². The first-order chi connectivity index (χ1) is 11.6. The number of imidazole rings is 1. The van der Waals surface area contributed by atoms with Crippen molar-refractivity contribution >= 4 is 17.5 Å². The molecule has 24 heavy (non-hydrogen) atoms. The molecular weight excluding hydrogens is 324 g/mol. The zero-order valence-electron chi connectivity index (χ0n) is 14.3. The molecule has 0 spiro atoms. The van der Waals surface area contributed by atoms with Crippen molar-refractivity contribution in [2.75, 3.05) is 12.5 Å². The second kappa shape index (κ2) is 7.30. The molecule has 0 bridgehead atoms. The number of benzene rings is 1. The molecule has 0 saturated heterocycles. The first-order valence-electron chi connectivity index (χ1n) is 8.19. The van der Waals surface area contributed by atoms with Crippen molar-refractivity contribution in [3.8, 4) is 11.5 Å². The molecule has 0 radical (unpaired) electrons. The smallest absolute Gasteiger partial charge is 0.231 e. The Hall–Kier alpha value is -1.95. The number of ether oxygens (including phenoxy) is 2. The minimum absolute atomic E-state index is 0.0682. The number of nitrogens with zero attached hydrogens (tertiary/aromatic N) is 2. The topological polar surface area (TPSA) is 53.4 Å². The third-order valence-corrected chi connectivity index (χ3v) is 5.16. The molecule has 128 valence electrons. The molecule has 1 aliphatic rings. The minimum Gasteiger partial charge on any atom is -0.454 e. The fourth-order valence-corrected chi connectivity index (χ4v) is 3.61. The zero-order chi connectivity index (χ0) is 17.1. The standard InChI is InChI=1S/C18H22N2O3S/c1-4-5-8-20-13(3)12(2)19-18(20)24-10-15(21)14-6-7-16-17(9-14)23-11-22-16/h6-7,9H,4-5,8,10-11H2,1-3H3. The van der Waals surface area contributed by atoms with Crippen LogP contribution in [0.5, 0.6) is 11.5 Å². The number of ketones is 1. The third kappa shape index (κ3) is 3.43. The van der Waals surface area contributed by atoms with E-state index in [4.69, 9.17) is 9.47 Å². The predicted molar refractivity (Wildman–Crippen MR) is 94.2 cm³/mol. The summed E-state index contributed by atoms with van der Waals surface area (Å²) < 4.78 is 12.8. The van der Waals surface area contributed by atoms with Crippen LogP contribution in [0.2, 0.25) is 0 Å². The van der Waals surface area contributed by atoms with E-state index in [0.29, 0.717) is 22.8 Å². The van der Waals surface area contributed by atoms with E-state index in [1.807, 2.05) is 6.92 Å². The summed E-state index contributed by atoms with van der Waals surface area (Å²) in [5.74, 6) is 1.77. The number of unbranched alkanes of at least 4 members (excludes halogenated alkanes) is 1. The van der Waals surface area contributed by atoms with E-state index in [1.165, 1.54) is 17.5 Å². The van der Waals surface area contributed by atoms with E-state index < -0.39 is 0 Å². The van der Waals surface area contributed by atoms with Gasteiger partial charge in [-0.25, -0.2) is 4.98 Å². The minimum atomic E-state index is 0.0682. The van der Waals surface area contributed by atoms with Gasteiger partial charge in [0.15, 0.2) is 22.4 Å². The van der Waals surface area contributed by atoms with Crippen LogP contribution in [0.1, 0.15) is 41.5 Å². The van der Waals surface area contributed by atoms with Gasteiger partial charge in [0.05, 0.1) is 11.4 Å². The lowest BCUT2D eigenvalue weighted by atomic mass is 10.1. The van der Waals surface area contributed by atoms with Crippen LogP contribution >= 0.6 is 11.8 Å². The van der Waals surface area contributed by atoms with Gasteiger partial charge in [-0.05, 0) is 38.5 Å². The monoisotopic (exact) mass is 346 g/mol. The molecule has 3 rings (SSSR count). The SMILES string of the molecule is CCCCn1c(SCC(=O)c2ccc3c(c2)OCO3)nc(C)c1C. The number of aryl methyl sites for hydroxylation is 1. The molecule has 2 heterocycles. The molecule has 0 aliphatic carbocycles. The summed E-state index contributed by atoms with van der Waals surface area (Å²) in [6.45, 7) is 7.44. The molecule has 1 aromatic carbocycles. The van der Waals surface area contributed by atoms with Gasteiger partial charge in [-0.2, -0.15) is 0 Å². The molecule has 1 aromatic heterocycles. The van der Waals surface area contributed by atoms with Crippen LogP contribution in [-0.4, -0.2) is 27.9 Å². The van der Waals surface area contributed by atoms with Crippen LogP contribution < -0.4 is 9.47 Å². The van der Waals surface area contributed by atoms with Gasteiger partial charge in [0.25, 0.3) is 0 Å². The van der Waals surface area contributed by atoms with Gasteiger partial charge >= 0.3 is 0 Å². The van der Waals surface area contributed by atoms with Gasteiger partial charge in [0.1, 0.15) is 0 Å². The largest absolute Gasteiger partial charge is 0.454 e. The summed E-state index contributed by atoms with van der Waals surface area (Å²) in [6.07, 6.45) is 2.25. The maximum Gasteiger partial charge on any atom is 0.231 e. The fraction of sp³-hybridized carbons (Fsp3) is 0.444. The van der Waals surface area contributed by atoms with E-state index in [-0.39, 0.29) is 12.6 Å². The Labute approximate surface area is 146 Å². The fourth-order valence-electron chi connectivity index (χ4n) is 2.60. The van der Waals surface area contributed by atoms with Crippen molar-refractivity contribution < 1.29 is 14.3 Å². The maximum atomic E-state index is 12.5. The predicted octanol–water partition coefficient (Wildman–Crippen LogP) is 4.00. The summed E-state index contributed by atoms with van der Waals surface area (Å²) in [7, 11) is 0. The van der Waals surface area contributed by atoms with E-state index >= 15 is 0 Å². The second-order valence-electron chi connectivity index (χ2n) is 5.85. The normalized spacial score (nSPS) is 12.6. The van der Waals surface area contributed by atoms with E-state index in [1.54, 1.807) is 18.2 Å². The molecule has 0 N–H and O–H groups in total. The second-order valence-corrected chi connectivity index (χ2v) is 6.79. The van der Waals surface area contributed by atoms with Crippen LogP contribution in [0.4, 0.5) is 0 Å². The van der Waals surface area contributed by atoms with Crippen LogP contribution in [0.3, 0.4) is 0 Å². The Morgan fingerprint density at radius 3 is 2.88 bits per heavy atom. The number of carbonyl (C=O) groups is 1. The third-order valence-electron chi connectivity index (χ3n) is 4.18. The number of Topliss-reactive ketones (excluding diaryl/α,β-unsaturated/α-hetero) is 1. The van der Waals surface area contributed by atoms with Crippen molar-refractivity contribution in [1.29, 1.82) is 0 Å². The molecule has 0 amide bonds. The highest BCUT2D eigenvalue weighted by Gasteiger charge is 2.18. The first kappa shape index (κ1) is 16.9. The van der Waals surface area contributed by atoms with E-state index in [0.717, 1.165) is 30.2 Å². The Kier molecular flexibility index (Phi) is 5.14. The van der Waals surface area contributed by atoms with E-state index in [9.17, 15) is 4.79 Å². The van der Waals surface area contributed by atoms with Crippen molar-refractivity contribution in [2.45, 2.75) is 45.3 Å². The summed E-state index contributed by atoms with van der Waals surface area (Å²) in [4.78, 5) is 17.1. The number of thioether (sulfide) groups is 1. The van der Waals surface area contributed by atoms with Gasteiger partial charge in [0.2, 0.25) is 6.79 Å². The van der Waals surface area contributed by atoms with Crippen molar-refractivity contribution in [2.24, 2.45) is 0 Å². The molecule has 5 nitrogen and oxygen atoms in total. The zero-order valence-corrected chi connectivity index (χ0v) is 15.1. The molecule has 2 aromatic rings. The number of rotatable bonds is 7. The van der Waals surface area contributed by atoms with Crippen LogP contribution in [0.25, 0.3) is 0 Å². The van der Waals surface area contributed by atoms with Crippen molar-refractivity contribution in [3.05, 3.63) is 35.2 Å². The molecule has 0 fully saturated rings. The first-order valence-corrected chi connectivity index (χ1v) is 9.18. The van der Waals surface area contributed by atoms with Crippen LogP contribution in [0.15, 0.2) is 23.4 Å². The molecular formula is C18H22N2O3S. The van der Waals surface area contributed by atoms with Gasteiger partial charge in [-0.15, -0.1) is 0 Å². The number of hydrogen-bond acceptors (Lipinski definition) is 5. The quantitative estimate of drug-likeness (QED) is 0.560. The summed E-state index contributed by atoms with van der Waals surface area (Å²) in [6, 6.07) is 5.33. The molecule has 1 aliphatic heterocycles. The molecule has 0 atom stereocenters. The number of hydrogen-bond donors (Lipinski definition) is 0. The van der Waals surface area contributed by atoms with Crippen LogP contribution in [-0.2, 0) is 6.54 Å². The molecule has 0 saturated carbocycles. The Morgan fingerprint density at radius 1 is 1.29 bits per heavy atom. The Morgan fingerprint density at radius 2 is 2.08 bits per heavy atom. The van der Waals surface area contributed by atoms with Crippen molar-refractivity contribution in [3.63, 3.8) is 0 Å². The lowest BCUT2D eigenvalue weighted by molar-refractivity contribution is 0.102. The van der Waals surface area contributed by atoms with Gasteiger partial charge < -0.3 is 14.0 Å². The molecule has 0 unspecified atom stereocenters. The average Bonchev–Trinajstić information content (AvgIpc) is 3.15. The Bertz CT molecular complexity index is 755. The highest BCUT2D eigenvalue weighted by molar-refractivity contribution is 7.99. The highest BCUT2D eigenvalue weighted by Crippen LogP contribution is 2.33. The van der Waals surface area contributed by atoms with Crippen LogP contribution in [0, 0.1) is 13.8 Å². The summed E-state index contributed by atoms with van der Waals surface area (Å²) in [5, 5.41) is 0.924. The summed E-state index contributed by atoms with van der Waals surface area (Å²) in [5.41, 5.74) is 2.86. The van der Waals surface area contributed by atoms with Gasteiger partial charge in [-0.1, -0.05) is 25.1 Å². The number of aromatic nitrogens is 2.